The summed E-state index contributed by atoms with van der Waals surface area (Å²) in [5.74, 6) is -1.49. The first-order chi connectivity index (χ1) is 7.30. The molecular formula is C9H13ClNO5P. The fourth-order valence-electron chi connectivity index (χ4n) is 1.34. The lowest BCUT2D eigenvalue weighted by atomic mass is 10.1. The van der Waals surface area contributed by atoms with Gasteiger partial charge in [0.1, 0.15) is 7.05 Å². The van der Waals surface area contributed by atoms with Crippen molar-refractivity contribution in [3.05, 3.63) is 30.1 Å². The third kappa shape index (κ3) is 4.83. The third-order valence-corrected chi connectivity index (χ3v) is 3.34. The molecule has 8 heteroatoms. The van der Waals surface area contributed by atoms with Crippen LogP contribution in [0.1, 0.15) is 5.56 Å². The Morgan fingerprint density at radius 2 is 2.12 bits per heavy atom. The van der Waals surface area contributed by atoms with E-state index in [1.165, 1.54) is 0 Å². The van der Waals surface area contributed by atoms with Crippen LogP contribution in [-0.2, 0) is 22.8 Å². The largest absolute Gasteiger partial charge is 1.00 e. The van der Waals surface area contributed by atoms with E-state index in [9.17, 15) is 9.36 Å². The van der Waals surface area contributed by atoms with Gasteiger partial charge in [0.05, 0.1) is 0 Å². The summed E-state index contributed by atoms with van der Waals surface area (Å²) in [4.78, 5) is 28.5. The molecule has 1 aromatic rings. The van der Waals surface area contributed by atoms with Crippen LogP contribution < -0.4 is 17.0 Å². The molecule has 0 aliphatic heterocycles. The highest BCUT2D eigenvalue weighted by atomic mass is 35.5. The van der Waals surface area contributed by atoms with Crippen LogP contribution in [0.5, 0.6) is 0 Å². The Labute approximate surface area is 104 Å². The van der Waals surface area contributed by atoms with Crippen LogP contribution >= 0.6 is 7.60 Å². The van der Waals surface area contributed by atoms with Gasteiger partial charge in [-0.2, -0.15) is 0 Å². The molecule has 3 N–H and O–H groups in total. The molecule has 1 rings (SSSR count). The summed E-state index contributed by atoms with van der Waals surface area (Å²) in [6.07, 6.45) is 3.19. The molecule has 1 atom stereocenters. The molecule has 0 saturated heterocycles. The zero-order valence-electron chi connectivity index (χ0n) is 9.02. The van der Waals surface area contributed by atoms with E-state index in [1.807, 2.05) is 0 Å². The number of aromatic nitrogens is 1. The van der Waals surface area contributed by atoms with Crippen molar-refractivity contribution >= 4 is 13.6 Å². The summed E-state index contributed by atoms with van der Waals surface area (Å²) in [5, 5.41) is 8.74. The predicted molar refractivity (Wildman–Crippen MR) is 54.8 cm³/mol. The van der Waals surface area contributed by atoms with Gasteiger partial charge in [0.25, 0.3) is 0 Å². The molecule has 0 amide bonds. The SMILES string of the molecule is C[n+]1cccc(CC(C(=O)O)P(=O)(O)O)c1.[Cl-]. The summed E-state index contributed by atoms with van der Waals surface area (Å²) in [7, 11) is -2.87. The summed E-state index contributed by atoms with van der Waals surface area (Å²) in [6.45, 7) is 0. The van der Waals surface area contributed by atoms with Crippen LogP contribution in [0.15, 0.2) is 24.5 Å². The average molecular weight is 282 g/mol. The number of nitrogens with zero attached hydrogens (tertiary/aromatic N) is 1. The summed E-state index contributed by atoms with van der Waals surface area (Å²) in [6, 6.07) is 3.32. The Kier molecular flexibility index (Phi) is 5.78. The average Bonchev–Trinajstić information content (AvgIpc) is 2.12. The van der Waals surface area contributed by atoms with E-state index in [0.717, 1.165) is 0 Å². The maximum atomic E-state index is 11.0. The second-order valence-corrected chi connectivity index (χ2v) is 5.33. The van der Waals surface area contributed by atoms with Crippen molar-refractivity contribution in [2.24, 2.45) is 7.05 Å². The first-order valence-corrected chi connectivity index (χ1v) is 6.21. The molecule has 17 heavy (non-hydrogen) atoms. The Morgan fingerprint density at radius 1 is 1.53 bits per heavy atom. The van der Waals surface area contributed by atoms with Crippen LogP contribution in [-0.4, -0.2) is 26.5 Å². The van der Waals surface area contributed by atoms with Crippen LogP contribution in [0.4, 0.5) is 0 Å². The van der Waals surface area contributed by atoms with Crippen molar-refractivity contribution in [2.45, 2.75) is 12.1 Å². The Morgan fingerprint density at radius 3 is 2.53 bits per heavy atom. The van der Waals surface area contributed by atoms with Crippen molar-refractivity contribution in [2.75, 3.05) is 0 Å². The minimum absolute atomic E-state index is 0. The van der Waals surface area contributed by atoms with E-state index in [-0.39, 0.29) is 18.8 Å². The van der Waals surface area contributed by atoms with Crippen molar-refractivity contribution in [1.29, 1.82) is 0 Å². The number of halogens is 1. The van der Waals surface area contributed by atoms with Gasteiger partial charge in [-0.05, 0) is 6.07 Å². The standard InChI is InChI=1S/C9H12NO5P.ClH/c1-10-4-2-3-7(6-10)5-8(9(11)12)16(13,14)15;/h2-4,6,8H,5H2,1H3,(H2-,11,12,13,14,15);1H. The monoisotopic (exact) mass is 281 g/mol. The lowest BCUT2D eigenvalue weighted by Crippen LogP contribution is -3.00. The van der Waals surface area contributed by atoms with Gasteiger partial charge in [0.15, 0.2) is 18.1 Å². The maximum absolute atomic E-state index is 11.0. The van der Waals surface area contributed by atoms with Gasteiger partial charge in [0.2, 0.25) is 0 Å². The number of hydrogen-bond donors (Lipinski definition) is 3. The highest BCUT2D eigenvalue weighted by Gasteiger charge is 2.36. The van der Waals surface area contributed by atoms with Crippen LogP contribution in [0.2, 0.25) is 0 Å². The molecule has 1 heterocycles. The number of aliphatic carboxylic acids is 1. The van der Waals surface area contributed by atoms with E-state index in [0.29, 0.717) is 5.56 Å². The lowest BCUT2D eigenvalue weighted by Gasteiger charge is -2.12. The topological polar surface area (TPSA) is 98.7 Å². The fourth-order valence-corrected chi connectivity index (χ4v) is 2.08. The van der Waals surface area contributed by atoms with Crippen molar-refractivity contribution in [3.8, 4) is 0 Å². The molecule has 0 aliphatic carbocycles. The van der Waals surface area contributed by atoms with Crippen molar-refractivity contribution in [1.82, 2.24) is 0 Å². The molecule has 0 saturated carbocycles. The minimum Gasteiger partial charge on any atom is -1.00 e. The molecule has 0 radical (unpaired) electrons. The molecule has 0 aromatic carbocycles. The number of rotatable bonds is 4. The van der Waals surface area contributed by atoms with Gasteiger partial charge in [-0.15, -0.1) is 0 Å². The molecule has 6 nitrogen and oxygen atoms in total. The molecule has 0 fully saturated rings. The molecule has 0 spiro atoms. The fraction of sp³-hybridized carbons (Fsp3) is 0.333. The van der Waals surface area contributed by atoms with Gasteiger partial charge < -0.3 is 27.3 Å². The highest BCUT2D eigenvalue weighted by molar-refractivity contribution is 7.53. The van der Waals surface area contributed by atoms with Gasteiger partial charge >= 0.3 is 13.6 Å². The number of carboxylic acids is 1. The molecule has 1 unspecified atom stereocenters. The van der Waals surface area contributed by atoms with E-state index >= 15 is 0 Å². The molecule has 0 aliphatic rings. The lowest BCUT2D eigenvalue weighted by molar-refractivity contribution is -0.671. The molecule has 96 valence electrons. The second-order valence-electron chi connectivity index (χ2n) is 3.52. The van der Waals surface area contributed by atoms with E-state index in [4.69, 9.17) is 14.9 Å². The van der Waals surface area contributed by atoms with Crippen molar-refractivity contribution in [3.63, 3.8) is 0 Å². The summed E-state index contributed by atoms with van der Waals surface area (Å²) >= 11 is 0. The van der Waals surface area contributed by atoms with Gasteiger partial charge in [0, 0.05) is 18.1 Å². The smallest absolute Gasteiger partial charge is 0.340 e. The summed E-state index contributed by atoms with van der Waals surface area (Å²) in [5.41, 5.74) is -1.12. The second kappa shape index (κ2) is 6.12. The van der Waals surface area contributed by atoms with Crippen molar-refractivity contribution < 1.29 is 41.2 Å². The number of carboxylic acid groups (broad SMARTS) is 1. The van der Waals surface area contributed by atoms with Gasteiger partial charge in [-0.3, -0.25) is 9.36 Å². The van der Waals surface area contributed by atoms with Gasteiger partial charge in [-0.25, -0.2) is 4.57 Å². The summed E-state index contributed by atoms with van der Waals surface area (Å²) < 4.78 is 12.7. The quantitative estimate of drug-likeness (QED) is 0.396. The molecule has 0 bridgehead atoms. The van der Waals surface area contributed by atoms with Crippen LogP contribution in [0.25, 0.3) is 0 Å². The van der Waals surface area contributed by atoms with E-state index in [2.05, 4.69) is 0 Å². The first-order valence-electron chi connectivity index (χ1n) is 4.53. The molecule has 1 aromatic heterocycles. The number of pyridine rings is 1. The Bertz CT molecular complexity index is 447. The third-order valence-electron chi connectivity index (χ3n) is 2.12. The highest BCUT2D eigenvalue weighted by Crippen LogP contribution is 2.42. The van der Waals surface area contributed by atoms with Crippen LogP contribution in [0.3, 0.4) is 0 Å². The molecular weight excluding hydrogens is 269 g/mol. The zero-order chi connectivity index (χ0) is 12.3. The Hall–Kier alpha value is -0.940. The zero-order valence-corrected chi connectivity index (χ0v) is 10.7. The number of carbonyl (C=O) groups is 1. The first kappa shape index (κ1) is 16.1. The van der Waals surface area contributed by atoms with E-state index in [1.54, 1.807) is 36.1 Å². The maximum Gasteiger partial charge on any atom is 0.340 e. The number of aryl methyl sites for hydroxylation is 1. The Balaban J connectivity index is 0.00000256. The predicted octanol–water partition coefficient (Wildman–Crippen LogP) is -3.31. The van der Waals surface area contributed by atoms with Gasteiger partial charge in [-0.1, -0.05) is 0 Å². The number of hydrogen-bond acceptors (Lipinski definition) is 2. The van der Waals surface area contributed by atoms with E-state index < -0.39 is 19.2 Å². The minimum atomic E-state index is -4.62. The normalized spacial score (nSPS) is 12.6. The van der Waals surface area contributed by atoms with Crippen LogP contribution in [0, 0.1) is 0 Å².